The standard InChI is InChI=1S/C5H7N3O2/c1-2-8-3-6-4(7-8)5(9)10/h3H,2H2,1H3,(H,9,10). The lowest BCUT2D eigenvalue weighted by atomic mass is 10.7. The minimum Gasteiger partial charge on any atom is -0.475 e. The maximum absolute atomic E-state index is 10.2. The summed E-state index contributed by atoms with van der Waals surface area (Å²) in [6.45, 7) is 2.50. The van der Waals surface area contributed by atoms with Gasteiger partial charge in [-0.2, -0.15) is 0 Å². The van der Waals surface area contributed by atoms with Crippen molar-refractivity contribution in [1.29, 1.82) is 0 Å². The maximum Gasteiger partial charge on any atom is 0.375 e. The van der Waals surface area contributed by atoms with E-state index in [1.807, 2.05) is 6.92 Å². The van der Waals surface area contributed by atoms with Crippen LogP contribution in [0.25, 0.3) is 0 Å². The number of hydrogen-bond donors (Lipinski definition) is 1. The molecule has 0 aliphatic carbocycles. The molecule has 1 N–H and O–H groups in total. The van der Waals surface area contributed by atoms with Gasteiger partial charge in [-0.15, -0.1) is 5.10 Å². The van der Waals surface area contributed by atoms with Crippen LogP contribution in [0.15, 0.2) is 6.33 Å². The molecule has 1 rings (SSSR count). The second-order valence-corrected chi connectivity index (χ2v) is 1.73. The van der Waals surface area contributed by atoms with Crippen LogP contribution in [0.5, 0.6) is 0 Å². The van der Waals surface area contributed by atoms with E-state index in [-0.39, 0.29) is 5.82 Å². The minimum atomic E-state index is -1.09. The molecule has 0 saturated heterocycles. The van der Waals surface area contributed by atoms with Gasteiger partial charge in [0.2, 0.25) is 0 Å². The summed E-state index contributed by atoms with van der Waals surface area (Å²) < 4.78 is 1.46. The Morgan fingerprint density at radius 3 is 2.90 bits per heavy atom. The highest BCUT2D eigenvalue weighted by atomic mass is 16.4. The molecule has 0 spiro atoms. The zero-order valence-corrected chi connectivity index (χ0v) is 5.48. The van der Waals surface area contributed by atoms with Crippen LogP contribution in [0, 0.1) is 0 Å². The monoisotopic (exact) mass is 141 g/mol. The lowest BCUT2D eigenvalue weighted by Gasteiger charge is -1.87. The number of rotatable bonds is 2. The molecule has 0 bridgehead atoms. The molecular weight excluding hydrogens is 134 g/mol. The van der Waals surface area contributed by atoms with Gasteiger partial charge < -0.3 is 5.11 Å². The van der Waals surface area contributed by atoms with Crippen LogP contribution in [-0.4, -0.2) is 25.8 Å². The number of carboxylic acid groups (broad SMARTS) is 1. The Hall–Kier alpha value is -1.39. The highest BCUT2D eigenvalue weighted by Crippen LogP contribution is 1.87. The van der Waals surface area contributed by atoms with E-state index in [1.54, 1.807) is 0 Å². The molecule has 0 radical (unpaired) electrons. The van der Waals surface area contributed by atoms with E-state index in [9.17, 15) is 4.79 Å². The van der Waals surface area contributed by atoms with Crippen molar-refractivity contribution in [2.45, 2.75) is 13.5 Å². The highest BCUT2D eigenvalue weighted by Gasteiger charge is 2.06. The number of aromatic carboxylic acids is 1. The fourth-order valence-corrected chi connectivity index (χ4v) is 0.545. The van der Waals surface area contributed by atoms with Crippen LogP contribution in [0.3, 0.4) is 0 Å². The van der Waals surface area contributed by atoms with E-state index in [0.29, 0.717) is 6.54 Å². The van der Waals surface area contributed by atoms with Crippen molar-refractivity contribution in [2.24, 2.45) is 0 Å². The van der Waals surface area contributed by atoms with Crippen LogP contribution in [0.2, 0.25) is 0 Å². The Morgan fingerprint density at radius 2 is 2.60 bits per heavy atom. The first-order valence-electron chi connectivity index (χ1n) is 2.86. The third kappa shape index (κ3) is 1.12. The third-order valence-corrected chi connectivity index (χ3v) is 1.05. The van der Waals surface area contributed by atoms with Crippen LogP contribution in [0.4, 0.5) is 0 Å². The zero-order chi connectivity index (χ0) is 7.56. The van der Waals surface area contributed by atoms with Crippen LogP contribution >= 0.6 is 0 Å². The first-order chi connectivity index (χ1) is 4.74. The number of nitrogens with zero attached hydrogens (tertiary/aromatic N) is 3. The lowest BCUT2D eigenvalue weighted by molar-refractivity contribution is 0.0683. The molecule has 10 heavy (non-hydrogen) atoms. The number of hydrogen-bond acceptors (Lipinski definition) is 3. The van der Waals surface area contributed by atoms with Crippen LogP contribution < -0.4 is 0 Å². The summed E-state index contributed by atoms with van der Waals surface area (Å²) in [5.41, 5.74) is 0. The Kier molecular flexibility index (Phi) is 1.66. The lowest BCUT2D eigenvalue weighted by Crippen LogP contribution is -2.01. The molecule has 0 unspecified atom stereocenters. The van der Waals surface area contributed by atoms with Gasteiger partial charge in [0.25, 0.3) is 5.82 Å². The van der Waals surface area contributed by atoms with E-state index in [4.69, 9.17) is 5.11 Å². The van der Waals surface area contributed by atoms with E-state index in [0.717, 1.165) is 0 Å². The topological polar surface area (TPSA) is 68.0 Å². The molecule has 0 aromatic carbocycles. The predicted octanol–water partition coefficient (Wildman–Crippen LogP) is -0.00380. The second kappa shape index (κ2) is 2.47. The first kappa shape index (κ1) is 6.73. The summed E-state index contributed by atoms with van der Waals surface area (Å²) in [6, 6.07) is 0. The molecular formula is C5H7N3O2. The molecule has 0 amide bonds. The van der Waals surface area contributed by atoms with Gasteiger partial charge in [-0.25, -0.2) is 9.78 Å². The highest BCUT2D eigenvalue weighted by molar-refractivity contribution is 5.82. The number of carbonyl (C=O) groups is 1. The maximum atomic E-state index is 10.2. The van der Waals surface area contributed by atoms with E-state index in [1.165, 1.54) is 11.0 Å². The fourth-order valence-electron chi connectivity index (χ4n) is 0.545. The van der Waals surface area contributed by atoms with Gasteiger partial charge in [-0.1, -0.05) is 0 Å². The van der Waals surface area contributed by atoms with E-state index >= 15 is 0 Å². The molecule has 0 fully saturated rings. The summed E-state index contributed by atoms with van der Waals surface area (Å²) in [5, 5.41) is 12.0. The third-order valence-electron chi connectivity index (χ3n) is 1.05. The molecule has 0 aliphatic heterocycles. The number of aromatic nitrogens is 3. The average molecular weight is 141 g/mol. The molecule has 5 nitrogen and oxygen atoms in total. The largest absolute Gasteiger partial charge is 0.475 e. The Morgan fingerprint density at radius 1 is 1.90 bits per heavy atom. The van der Waals surface area contributed by atoms with Gasteiger partial charge in [-0.05, 0) is 6.92 Å². The molecule has 54 valence electrons. The SMILES string of the molecule is CCn1cnc(C(=O)O)n1. The number of carboxylic acids is 1. The molecule has 1 aromatic rings. The van der Waals surface area contributed by atoms with Crippen LogP contribution in [0.1, 0.15) is 17.5 Å². The van der Waals surface area contributed by atoms with Gasteiger partial charge in [0.15, 0.2) is 0 Å². The van der Waals surface area contributed by atoms with Gasteiger partial charge in [0.1, 0.15) is 6.33 Å². The molecule has 5 heteroatoms. The van der Waals surface area contributed by atoms with Crippen molar-refractivity contribution in [3.05, 3.63) is 12.2 Å². The van der Waals surface area contributed by atoms with Gasteiger partial charge >= 0.3 is 5.97 Å². The number of aryl methyl sites for hydroxylation is 1. The van der Waals surface area contributed by atoms with Crippen molar-refractivity contribution >= 4 is 5.97 Å². The normalized spacial score (nSPS) is 9.70. The molecule has 1 aromatic heterocycles. The van der Waals surface area contributed by atoms with Gasteiger partial charge in [0.05, 0.1) is 0 Å². The molecule has 0 atom stereocenters. The van der Waals surface area contributed by atoms with Gasteiger partial charge in [0, 0.05) is 6.54 Å². The van der Waals surface area contributed by atoms with Crippen LogP contribution in [-0.2, 0) is 6.54 Å². The fraction of sp³-hybridized carbons (Fsp3) is 0.400. The molecule has 1 heterocycles. The molecule has 0 aliphatic rings. The quantitative estimate of drug-likeness (QED) is 0.629. The minimum absolute atomic E-state index is 0.151. The van der Waals surface area contributed by atoms with Crippen molar-refractivity contribution in [3.8, 4) is 0 Å². The summed E-state index contributed by atoms with van der Waals surface area (Å²) >= 11 is 0. The smallest absolute Gasteiger partial charge is 0.375 e. The average Bonchev–Trinajstić information content (AvgIpc) is 2.34. The van der Waals surface area contributed by atoms with E-state index in [2.05, 4.69) is 10.1 Å². The summed E-state index contributed by atoms with van der Waals surface area (Å²) in [6.07, 6.45) is 1.39. The van der Waals surface area contributed by atoms with Gasteiger partial charge in [-0.3, -0.25) is 4.68 Å². The second-order valence-electron chi connectivity index (χ2n) is 1.73. The Bertz CT molecular complexity index is 243. The molecule has 0 saturated carbocycles. The Labute approximate surface area is 57.3 Å². The Balaban J connectivity index is 2.88. The van der Waals surface area contributed by atoms with Crippen molar-refractivity contribution in [2.75, 3.05) is 0 Å². The van der Waals surface area contributed by atoms with Crippen molar-refractivity contribution in [1.82, 2.24) is 14.8 Å². The summed E-state index contributed by atoms with van der Waals surface area (Å²) in [4.78, 5) is 13.7. The van der Waals surface area contributed by atoms with Crippen molar-refractivity contribution < 1.29 is 9.90 Å². The van der Waals surface area contributed by atoms with Crippen molar-refractivity contribution in [3.63, 3.8) is 0 Å². The summed E-state index contributed by atoms with van der Waals surface area (Å²) in [7, 11) is 0. The summed E-state index contributed by atoms with van der Waals surface area (Å²) in [5.74, 6) is -1.24. The predicted molar refractivity (Wildman–Crippen MR) is 32.7 cm³/mol. The van der Waals surface area contributed by atoms with E-state index < -0.39 is 5.97 Å². The first-order valence-corrected chi connectivity index (χ1v) is 2.86. The zero-order valence-electron chi connectivity index (χ0n) is 5.48.